The second kappa shape index (κ2) is 5.23. The molecule has 0 aromatic heterocycles. The highest BCUT2D eigenvalue weighted by Crippen LogP contribution is 2.32. The first-order chi connectivity index (χ1) is 9.14. The summed E-state index contributed by atoms with van der Waals surface area (Å²) in [4.78, 5) is 12.2. The maximum atomic E-state index is 12.2. The Hall–Kier alpha value is -2.15. The summed E-state index contributed by atoms with van der Waals surface area (Å²) in [6.07, 6.45) is 6.92. The van der Waals surface area contributed by atoms with E-state index in [1.807, 2.05) is 13.8 Å². The number of benzene rings is 1. The van der Waals surface area contributed by atoms with Crippen LogP contribution >= 0.6 is 0 Å². The Labute approximate surface area is 113 Å². The summed E-state index contributed by atoms with van der Waals surface area (Å²) in [5.41, 5.74) is -0.0706. The molecule has 1 aliphatic heterocycles. The minimum absolute atomic E-state index is 0.193. The molecular weight excluding hydrogens is 242 g/mol. The lowest BCUT2D eigenvalue weighted by atomic mass is 9.93. The third kappa shape index (κ3) is 2.50. The Balaban J connectivity index is 2.19. The summed E-state index contributed by atoms with van der Waals surface area (Å²) < 4.78 is 10.5. The van der Waals surface area contributed by atoms with E-state index < -0.39 is 5.54 Å². The monoisotopic (exact) mass is 259 g/mol. The molecule has 0 atom stereocenters. The molecule has 1 aromatic carbocycles. The van der Waals surface area contributed by atoms with Crippen molar-refractivity contribution < 1.29 is 14.3 Å². The number of carbonyl (C=O) groups excluding carboxylic acids is 1. The predicted octanol–water partition coefficient (Wildman–Crippen LogP) is 2.34. The van der Waals surface area contributed by atoms with Gasteiger partial charge in [-0.2, -0.15) is 0 Å². The molecule has 0 aliphatic carbocycles. The second-order valence-electron chi connectivity index (χ2n) is 4.46. The lowest BCUT2D eigenvalue weighted by Crippen LogP contribution is -2.46. The number of terminal acetylenes is 1. The number of rotatable bonds is 4. The quantitative estimate of drug-likeness (QED) is 0.844. The van der Waals surface area contributed by atoms with Gasteiger partial charge in [0.2, 0.25) is 6.79 Å². The summed E-state index contributed by atoms with van der Waals surface area (Å²) in [6.45, 7) is 4.12. The van der Waals surface area contributed by atoms with Gasteiger partial charge in [-0.25, -0.2) is 0 Å². The average Bonchev–Trinajstić information content (AvgIpc) is 2.92. The first kappa shape index (κ1) is 13.3. The van der Waals surface area contributed by atoms with Gasteiger partial charge >= 0.3 is 0 Å². The number of hydrogen-bond acceptors (Lipinski definition) is 3. The second-order valence-corrected chi connectivity index (χ2v) is 4.46. The van der Waals surface area contributed by atoms with Crippen LogP contribution in [0.3, 0.4) is 0 Å². The van der Waals surface area contributed by atoms with Gasteiger partial charge in [0.1, 0.15) is 5.54 Å². The zero-order valence-corrected chi connectivity index (χ0v) is 11.2. The first-order valence-electron chi connectivity index (χ1n) is 6.34. The number of ether oxygens (including phenoxy) is 2. The third-order valence-electron chi connectivity index (χ3n) is 3.47. The van der Waals surface area contributed by atoms with Crippen LogP contribution in [0.1, 0.15) is 37.0 Å². The topological polar surface area (TPSA) is 47.6 Å². The van der Waals surface area contributed by atoms with Crippen LogP contribution < -0.4 is 14.8 Å². The van der Waals surface area contributed by atoms with Crippen molar-refractivity contribution in [1.82, 2.24) is 5.32 Å². The van der Waals surface area contributed by atoms with E-state index in [0.29, 0.717) is 29.9 Å². The smallest absolute Gasteiger partial charge is 0.252 e. The van der Waals surface area contributed by atoms with Crippen LogP contribution in [0, 0.1) is 12.3 Å². The summed E-state index contributed by atoms with van der Waals surface area (Å²) >= 11 is 0. The molecular formula is C15H17NO3. The largest absolute Gasteiger partial charge is 0.454 e. The maximum absolute atomic E-state index is 12.2. The standard InChI is InChI=1S/C15H17NO3/c1-4-15(5-2,6-3)16-14(17)11-7-8-12-13(9-11)19-10-18-12/h1,7-9H,5-6,10H2,2-3H3,(H,16,17). The fourth-order valence-corrected chi connectivity index (χ4v) is 1.99. The van der Waals surface area contributed by atoms with E-state index in [1.165, 1.54) is 0 Å². The molecule has 100 valence electrons. The SMILES string of the molecule is C#CC(CC)(CC)NC(=O)c1ccc2c(c1)OCO2. The normalized spacial score (nSPS) is 12.9. The number of fused-ring (bicyclic) bond motifs is 1. The van der Waals surface area contributed by atoms with Gasteiger partial charge in [-0.1, -0.05) is 19.8 Å². The van der Waals surface area contributed by atoms with Gasteiger partial charge in [-0.3, -0.25) is 4.79 Å². The molecule has 1 aliphatic rings. The van der Waals surface area contributed by atoms with Crippen molar-refractivity contribution in [2.24, 2.45) is 0 Å². The molecule has 1 amide bonds. The van der Waals surface area contributed by atoms with E-state index in [0.717, 1.165) is 0 Å². The molecule has 1 heterocycles. The van der Waals surface area contributed by atoms with Crippen LogP contribution in [0.5, 0.6) is 11.5 Å². The maximum Gasteiger partial charge on any atom is 0.252 e. The molecule has 0 unspecified atom stereocenters. The van der Waals surface area contributed by atoms with Crippen LogP contribution in [0.4, 0.5) is 0 Å². The summed E-state index contributed by atoms with van der Waals surface area (Å²) in [7, 11) is 0. The van der Waals surface area contributed by atoms with Crippen molar-refractivity contribution in [3.05, 3.63) is 23.8 Å². The Morgan fingerprint density at radius 3 is 2.68 bits per heavy atom. The summed E-state index contributed by atoms with van der Waals surface area (Å²) in [5, 5.41) is 2.92. The molecule has 0 fully saturated rings. The van der Waals surface area contributed by atoms with E-state index in [9.17, 15) is 4.79 Å². The first-order valence-corrected chi connectivity index (χ1v) is 6.34. The summed E-state index contributed by atoms with van der Waals surface area (Å²) in [6, 6.07) is 5.10. The molecule has 0 saturated heterocycles. The molecule has 1 aromatic rings. The van der Waals surface area contributed by atoms with Crippen LogP contribution in [0.2, 0.25) is 0 Å². The molecule has 0 bridgehead atoms. The van der Waals surface area contributed by atoms with Crippen LogP contribution in [-0.4, -0.2) is 18.2 Å². The average molecular weight is 259 g/mol. The van der Waals surface area contributed by atoms with Gasteiger partial charge in [0, 0.05) is 5.56 Å². The number of nitrogens with one attached hydrogen (secondary N) is 1. The highest BCUT2D eigenvalue weighted by atomic mass is 16.7. The molecule has 0 radical (unpaired) electrons. The zero-order chi connectivity index (χ0) is 13.9. The summed E-state index contributed by atoms with van der Waals surface area (Å²) in [5.74, 6) is 3.73. The molecule has 0 spiro atoms. The highest BCUT2D eigenvalue weighted by Gasteiger charge is 2.26. The molecule has 2 rings (SSSR count). The van der Waals surface area contributed by atoms with E-state index in [1.54, 1.807) is 18.2 Å². The Kier molecular flexibility index (Phi) is 3.66. The van der Waals surface area contributed by atoms with Crippen LogP contribution in [0.15, 0.2) is 18.2 Å². The van der Waals surface area contributed by atoms with Crippen LogP contribution in [-0.2, 0) is 0 Å². The molecule has 4 heteroatoms. The van der Waals surface area contributed by atoms with Crippen LogP contribution in [0.25, 0.3) is 0 Å². The molecule has 0 saturated carbocycles. The Morgan fingerprint density at radius 2 is 2.05 bits per heavy atom. The predicted molar refractivity (Wildman–Crippen MR) is 72.2 cm³/mol. The number of hydrogen-bond donors (Lipinski definition) is 1. The van der Waals surface area contributed by atoms with Crippen molar-refractivity contribution >= 4 is 5.91 Å². The van der Waals surface area contributed by atoms with Crippen molar-refractivity contribution in [2.75, 3.05) is 6.79 Å². The van der Waals surface area contributed by atoms with E-state index in [4.69, 9.17) is 15.9 Å². The van der Waals surface area contributed by atoms with Gasteiger partial charge in [-0.05, 0) is 31.0 Å². The molecule has 19 heavy (non-hydrogen) atoms. The third-order valence-corrected chi connectivity index (χ3v) is 3.47. The minimum Gasteiger partial charge on any atom is -0.454 e. The van der Waals surface area contributed by atoms with E-state index in [2.05, 4.69) is 11.2 Å². The van der Waals surface area contributed by atoms with E-state index in [-0.39, 0.29) is 12.7 Å². The Bertz CT molecular complexity index is 527. The van der Waals surface area contributed by atoms with Crippen molar-refractivity contribution in [1.29, 1.82) is 0 Å². The fourth-order valence-electron chi connectivity index (χ4n) is 1.99. The zero-order valence-electron chi connectivity index (χ0n) is 11.2. The highest BCUT2D eigenvalue weighted by molar-refractivity contribution is 5.95. The van der Waals surface area contributed by atoms with Gasteiger partial charge in [0.05, 0.1) is 0 Å². The fraction of sp³-hybridized carbons (Fsp3) is 0.400. The van der Waals surface area contributed by atoms with Gasteiger partial charge < -0.3 is 14.8 Å². The lowest BCUT2D eigenvalue weighted by Gasteiger charge is -2.27. The lowest BCUT2D eigenvalue weighted by molar-refractivity contribution is 0.0916. The molecule has 4 nitrogen and oxygen atoms in total. The Morgan fingerprint density at radius 1 is 1.37 bits per heavy atom. The number of amides is 1. The minimum atomic E-state index is -0.590. The van der Waals surface area contributed by atoms with Gasteiger partial charge in [0.25, 0.3) is 5.91 Å². The van der Waals surface area contributed by atoms with E-state index >= 15 is 0 Å². The van der Waals surface area contributed by atoms with Crippen molar-refractivity contribution in [3.8, 4) is 23.8 Å². The van der Waals surface area contributed by atoms with Gasteiger partial charge in [-0.15, -0.1) is 6.42 Å². The van der Waals surface area contributed by atoms with Crippen molar-refractivity contribution in [2.45, 2.75) is 32.2 Å². The number of carbonyl (C=O) groups is 1. The molecule has 1 N–H and O–H groups in total. The van der Waals surface area contributed by atoms with Gasteiger partial charge in [0.15, 0.2) is 11.5 Å². The van der Waals surface area contributed by atoms with Crippen molar-refractivity contribution in [3.63, 3.8) is 0 Å².